The first-order valence-corrected chi connectivity index (χ1v) is 9.88. The van der Waals surface area contributed by atoms with Crippen LogP contribution in [0.2, 0.25) is 5.02 Å². The van der Waals surface area contributed by atoms with Crippen molar-refractivity contribution in [2.45, 2.75) is 13.0 Å². The van der Waals surface area contributed by atoms with Crippen molar-refractivity contribution in [3.63, 3.8) is 0 Å². The van der Waals surface area contributed by atoms with E-state index in [1.165, 1.54) is 11.3 Å². The quantitative estimate of drug-likeness (QED) is 0.609. The van der Waals surface area contributed by atoms with Gasteiger partial charge in [0.1, 0.15) is 5.01 Å². The highest BCUT2D eigenvalue weighted by Gasteiger charge is 2.16. The Kier molecular flexibility index (Phi) is 6.03. The molecule has 0 bridgehead atoms. The summed E-state index contributed by atoms with van der Waals surface area (Å²) in [5.41, 5.74) is 0.994. The van der Waals surface area contributed by atoms with E-state index < -0.39 is 5.97 Å². The average molecular weight is 407 g/mol. The molecule has 0 spiro atoms. The second-order valence-corrected chi connectivity index (χ2v) is 7.70. The van der Waals surface area contributed by atoms with E-state index >= 15 is 0 Å². The second-order valence-electron chi connectivity index (χ2n) is 5.43. The molecule has 1 aromatic carbocycles. The van der Waals surface area contributed by atoms with Gasteiger partial charge in [-0.1, -0.05) is 29.8 Å². The highest BCUT2D eigenvalue weighted by molar-refractivity contribution is 7.13. The molecule has 1 atom stereocenters. The first-order valence-electron chi connectivity index (χ1n) is 7.74. The summed E-state index contributed by atoms with van der Waals surface area (Å²) in [6, 6.07) is 10.9. The zero-order chi connectivity index (χ0) is 18.5. The Labute approximate surface area is 163 Å². The van der Waals surface area contributed by atoms with Gasteiger partial charge in [0.25, 0.3) is 5.91 Å². The molecular weight excluding hydrogens is 392 g/mol. The zero-order valence-corrected chi connectivity index (χ0v) is 16.2. The summed E-state index contributed by atoms with van der Waals surface area (Å²) < 4.78 is 5.05. The fraction of sp³-hybridized carbons (Fsp3) is 0.167. The van der Waals surface area contributed by atoms with E-state index in [9.17, 15) is 9.59 Å². The fourth-order valence-corrected chi connectivity index (χ4v) is 3.93. The van der Waals surface area contributed by atoms with Crippen molar-refractivity contribution in [1.29, 1.82) is 0 Å². The van der Waals surface area contributed by atoms with Crippen molar-refractivity contribution in [3.05, 3.63) is 62.8 Å². The number of nitrogens with zero attached hydrogens (tertiary/aromatic N) is 1. The lowest BCUT2D eigenvalue weighted by molar-refractivity contribution is -0.124. The molecule has 0 saturated heterocycles. The number of halogens is 1. The highest BCUT2D eigenvalue weighted by atomic mass is 35.5. The van der Waals surface area contributed by atoms with Crippen LogP contribution < -0.4 is 5.32 Å². The standard InChI is InChI=1S/C18H15ClN2O3S2/c1-11(15-6-3-7-25-15)20-16(22)9-24-18(23)14-10-26-17(21-14)12-4-2-5-13(19)8-12/h2-8,10-11H,9H2,1H3,(H,20,22)/t11-/m1/s1. The molecule has 3 rings (SSSR count). The molecule has 0 aliphatic carbocycles. The number of rotatable bonds is 6. The molecule has 2 aromatic heterocycles. The van der Waals surface area contributed by atoms with Gasteiger partial charge in [0, 0.05) is 20.8 Å². The number of thiazole rings is 1. The molecular formula is C18H15ClN2O3S2. The SMILES string of the molecule is C[C@@H](NC(=O)COC(=O)c1csc(-c2cccc(Cl)c2)n1)c1cccs1. The maximum atomic E-state index is 12.1. The Morgan fingerprint density at radius 2 is 2.12 bits per heavy atom. The number of carbonyl (C=O) groups is 2. The van der Waals surface area contributed by atoms with E-state index in [0.717, 1.165) is 10.4 Å². The monoisotopic (exact) mass is 406 g/mol. The van der Waals surface area contributed by atoms with E-state index in [2.05, 4.69) is 10.3 Å². The van der Waals surface area contributed by atoms with Crippen LogP contribution in [0.1, 0.15) is 28.3 Å². The van der Waals surface area contributed by atoms with Crippen LogP contribution in [0.15, 0.2) is 47.2 Å². The summed E-state index contributed by atoms with van der Waals surface area (Å²) in [5, 5.41) is 7.59. The molecule has 26 heavy (non-hydrogen) atoms. The Morgan fingerprint density at radius 3 is 2.85 bits per heavy atom. The molecule has 1 amide bonds. The number of ether oxygens (including phenoxy) is 1. The molecule has 0 unspecified atom stereocenters. The van der Waals surface area contributed by atoms with Crippen LogP contribution in [0.5, 0.6) is 0 Å². The minimum atomic E-state index is -0.631. The normalized spacial score (nSPS) is 11.8. The molecule has 5 nitrogen and oxygen atoms in total. The number of benzene rings is 1. The Hall–Kier alpha value is -2.22. The number of hydrogen-bond acceptors (Lipinski definition) is 6. The number of hydrogen-bond donors (Lipinski definition) is 1. The molecule has 2 heterocycles. The summed E-state index contributed by atoms with van der Waals surface area (Å²) in [7, 11) is 0. The van der Waals surface area contributed by atoms with E-state index in [1.807, 2.05) is 36.6 Å². The van der Waals surface area contributed by atoms with Gasteiger partial charge in [-0.2, -0.15) is 0 Å². The van der Waals surface area contributed by atoms with E-state index in [-0.39, 0.29) is 24.2 Å². The van der Waals surface area contributed by atoms with Crippen LogP contribution >= 0.6 is 34.3 Å². The number of carbonyl (C=O) groups excluding carboxylic acids is 2. The topological polar surface area (TPSA) is 68.3 Å². The molecule has 0 fully saturated rings. The predicted molar refractivity (Wildman–Crippen MR) is 104 cm³/mol. The van der Waals surface area contributed by atoms with Crippen LogP contribution in [-0.4, -0.2) is 23.5 Å². The molecule has 134 valence electrons. The predicted octanol–water partition coefficient (Wildman–Crippen LogP) is 4.56. The van der Waals surface area contributed by atoms with Crippen LogP contribution in [0.3, 0.4) is 0 Å². The Balaban J connectivity index is 1.54. The molecule has 8 heteroatoms. The van der Waals surface area contributed by atoms with Crippen LogP contribution in [0.25, 0.3) is 10.6 Å². The number of amides is 1. The van der Waals surface area contributed by atoms with Gasteiger partial charge in [-0.15, -0.1) is 22.7 Å². The molecule has 0 aliphatic heterocycles. The van der Waals surface area contributed by atoms with Crippen molar-refractivity contribution in [1.82, 2.24) is 10.3 Å². The van der Waals surface area contributed by atoms with Crippen molar-refractivity contribution in [2.75, 3.05) is 6.61 Å². The van der Waals surface area contributed by atoms with Crippen molar-refractivity contribution < 1.29 is 14.3 Å². The smallest absolute Gasteiger partial charge is 0.358 e. The van der Waals surface area contributed by atoms with Crippen LogP contribution in [-0.2, 0) is 9.53 Å². The molecule has 0 saturated carbocycles. The first-order chi connectivity index (χ1) is 12.5. The first kappa shape index (κ1) is 18.6. The lowest BCUT2D eigenvalue weighted by atomic mass is 10.2. The van der Waals surface area contributed by atoms with Gasteiger partial charge in [-0.3, -0.25) is 4.79 Å². The van der Waals surface area contributed by atoms with Gasteiger partial charge >= 0.3 is 5.97 Å². The van der Waals surface area contributed by atoms with E-state index in [4.69, 9.17) is 16.3 Å². The number of thiophene rings is 1. The summed E-state index contributed by atoms with van der Waals surface area (Å²) in [5.74, 6) is -0.988. The summed E-state index contributed by atoms with van der Waals surface area (Å²) in [6.07, 6.45) is 0. The van der Waals surface area contributed by atoms with E-state index in [1.54, 1.807) is 28.8 Å². The Morgan fingerprint density at radius 1 is 1.27 bits per heavy atom. The fourth-order valence-electron chi connectivity index (χ4n) is 2.22. The van der Waals surface area contributed by atoms with Gasteiger partial charge in [0.15, 0.2) is 12.3 Å². The van der Waals surface area contributed by atoms with Gasteiger partial charge in [0.05, 0.1) is 6.04 Å². The maximum absolute atomic E-state index is 12.1. The Bertz CT molecular complexity index is 909. The minimum absolute atomic E-state index is 0.130. The van der Waals surface area contributed by atoms with Gasteiger partial charge in [0.2, 0.25) is 0 Å². The summed E-state index contributed by atoms with van der Waals surface area (Å²) in [4.78, 5) is 29.3. The van der Waals surface area contributed by atoms with Crippen molar-refractivity contribution in [3.8, 4) is 10.6 Å². The largest absolute Gasteiger partial charge is 0.451 e. The number of nitrogens with one attached hydrogen (secondary N) is 1. The van der Waals surface area contributed by atoms with Gasteiger partial charge in [-0.05, 0) is 30.5 Å². The summed E-state index contributed by atoms with van der Waals surface area (Å²) >= 11 is 8.84. The molecule has 0 radical (unpaired) electrons. The summed E-state index contributed by atoms with van der Waals surface area (Å²) in [6.45, 7) is 1.53. The lowest BCUT2D eigenvalue weighted by Crippen LogP contribution is -2.30. The van der Waals surface area contributed by atoms with Crippen molar-refractivity contribution in [2.24, 2.45) is 0 Å². The van der Waals surface area contributed by atoms with Gasteiger partial charge in [-0.25, -0.2) is 9.78 Å². The third-order valence-electron chi connectivity index (χ3n) is 3.47. The minimum Gasteiger partial charge on any atom is -0.451 e. The number of aromatic nitrogens is 1. The third kappa shape index (κ3) is 4.69. The van der Waals surface area contributed by atoms with Crippen LogP contribution in [0, 0.1) is 0 Å². The van der Waals surface area contributed by atoms with E-state index in [0.29, 0.717) is 10.0 Å². The maximum Gasteiger partial charge on any atom is 0.358 e. The van der Waals surface area contributed by atoms with Crippen molar-refractivity contribution >= 4 is 46.2 Å². The highest BCUT2D eigenvalue weighted by Crippen LogP contribution is 2.26. The van der Waals surface area contributed by atoms with Gasteiger partial charge < -0.3 is 10.1 Å². The zero-order valence-electron chi connectivity index (χ0n) is 13.8. The second kappa shape index (κ2) is 8.44. The number of esters is 1. The van der Waals surface area contributed by atoms with Crippen LogP contribution in [0.4, 0.5) is 0 Å². The third-order valence-corrected chi connectivity index (χ3v) is 5.65. The lowest BCUT2D eigenvalue weighted by Gasteiger charge is -2.11. The average Bonchev–Trinajstić information content (AvgIpc) is 3.31. The molecule has 0 aliphatic rings. The molecule has 3 aromatic rings. The molecule has 1 N–H and O–H groups in total.